The van der Waals surface area contributed by atoms with E-state index in [4.69, 9.17) is 9.47 Å². The van der Waals surface area contributed by atoms with Crippen molar-refractivity contribution in [1.82, 2.24) is 14.8 Å². The number of benzene rings is 2. The highest BCUT2D eigenvalue weighted by atomic mass is 32.2. The summed E-state index contributed by atoms with van der Waals surface area (Å²) >= 11 is 3.04. The van der Waals surface area contributed by atoms with Crippen LogP contribution in [0.3, 0.4) is 0 Å². The van der Waals surface area contributed by atoms with Gasteiger partial charge in [0, 0.05) is 28.7 Å². The monoisotopic (exact) mass is 494 g/mol. The van der Waals surface area contributed by atoms with Gasteiger partial charge in [0.2, 0.25) is 5.91 Å². The second-order valence-corrected chi connectivity index (χ2v) is 9.17. The second kappa shape index (κ2) is 11.7. The van der Waals surface area contributed by atoms with Crippen LogP contribution < -0.4 is 14.8 Å². The number of ether oxygens (including phenoxy) is 2. The molecule has 0 bridgehead atoms. The number of anilines is 1. The highest BCUT2D eigenvalue weighted by Gasteiger charge is 2.17. The van der Waals surface area contributed by atoms with E-state index in [1.807, 2.05) is 60.9 Å². The Morgan fingerprint density at radius 2 is 1.79 bits per heavy atom. The molecule has 2 aromatic heterocycles. The van der Waals surface area contributed by atoms with E-state index < -0.39 is 0 Å². The molecular weight excluding hydrogens is 468 g/mol. The van der Waals surface area contributed by atoms with E-state index in [0.29, 0.717) is 42.0 Å². The van der Waals surface area contributed by atoms with Crippen LogP contribution in [0.1, 0.15) is 24.5 Å². The van der Waals surface area contributed by atoms with Crippen molar-refractivity contribution >= 4 is 34.7 Å². The predicted octanol–water partition coefficient (Wildman–Crippen LogP) is 5.45. The van der Waals surface area contributed by atoms with Crippen LogP contribution in [0.2, 0.25) is 0 Å². The van der Waals surface area contributed by atoms with Crippen LogP contribution in [0.4, 0.5) is 5.69 Å². The summed E-state index contributed by atoms with van der Waals surface area (Å²) in [6.07, 6.45) is 0.679. The number of hydrogen-bond acceptors (Lipinski definition) is 7. The Morgan fingerprint density at radius 1 is 1.00 bits per heavy atom. The van der Waals surface area contributed by atoms with Crippen molar-refractivity contribution in [1.29, 1.82) is 0 Å². The van der Waals surface area contributed by atoms with Gasteiger partial charge in [0.1, 0.15) is 5.82 Å². The largest absolute Gasteiger partial charge is 0.490 e. The smallest absolute Gasteiger partial charge is 0.234 e. The van der Waals surface area contributed by atoms with Crippen molar-refractivity contribution in [3.05, 3.63) is 76.7 Å². The van der Waals surface area contributed by atoms with Gasteiger partial charge in [-0.25, -0.2) is 0 Å². The van der Waals surface area contributed by atoms with Gasteiger partial charge in [-0.15, -0.1) is 21.5 Å². The molecule has 0 spiro atoms. The predicted molar refractivity (Wildman–Crippen MR) is 137 cm³/mol. The molecule has 2 aromatic carbocycles. The first-order valence-electron chi connectivity index (χ1n) is 11.0. The number of para-hydroxylation sites is 1. The topological polar surface area (TPSA) is 78.3 Å². The lowest BCUT2D eigenvalue weighted by Crippen LogP contribution is -2.15. The Hall–Kier alpha value is -3.30. The standard InChI is InChI=1S/C25H26N4O3S2/c1-3-31-21-13-12-18(15-22(21)32-4-2)26-24(30)17-34-25-28-27-23(16-20-11-8-14-33-20)29(25)19-9-6-5-7-10-19/h5-15H,3-4,16-17H2,1-2H3,(H,26,30). The van der Waals surface area contributed by atoms with Crippen LogP contribution in [-0.2, 0) is 11.2 Å². The number of carbonyl (C=O) groups excluding carboxylic acids is 1. The van der Waals surface area contributed by atoms with E-state index in [1.54, 1.807) is 23.5 Å². The number of hydrogen-bond donors (Lipinski definition) is 1. The second-order valence-electron chi connectivity index (χ2n) is 7.19. The van der Waals surface area contributed by atoms with E-state index in [1.165, 1.54) is 16.6 Å². The lowest BCUT2D eigenvalue weighted by molar-refractivity contribution is -0.113. The lowest BCUT2D eigenvalue weighted by Gasteiger charge is -2.13. The fourth-order valence-corrected chi connectivity index (χ4v) is 4.84. The summed E-state index contributed by atoms with van der Waals surface area (Å²) in [4.78, 5) is 13.9. The average molecular weight is 495 g/mol. The van der Waals surface area contributed by atoms with Gasteiger partial charge in [0.15, 0.2) is 16.7 Å². The van der Waals surface area contributed by atoms with Crippen LogP contribution in [0.25, 0.3) is 5.69 Å². The van der Waals surface area contributed by atoms with Crippen LogP contribution in [0.5, 0.6) is 11.5 Å². The molecule has 0 aliphatic heterocycles. The van der Waals surface area contributed by atoms with E-state index in [2.05, 4.69) is 27.0 Å². The first-order chi connectivity index (χ1) is 16.7. The Labute approximate surface area is 207 Å². The number of amides is 1. The highest BCUT2D eigenvalue weighted by molar-refractivity contribution is 7.99. The number of nitrogens with one attached hydrogen (secondary N) is 1. The van der Waals surface area contributed by atoms with Crippen molar-refractivity contribution in [3.63, 3.8) is 0 Å². The average Bonchev–Trinajstić information content (AvgIpc) is 3.50. The third-order valence-electron chi connectivity index (χ3n) is 4.79. The number of thioether (sulfide) groups is 1. The van der Waals surface area contributed by atoms with Gasteiger partial charge in [0.05, 0.1) is 19.0 Å². The molecule has 0 saturated heterocycles. The molecule has 2 heterocycles. The van der Waals surface area contributed by atoms with Crippen molar-refractivity contribution < 1.29 is 14.3 Å². The van der Waals surface area contributed by atoms with E-state index in [9.17, 15) is 4.79 Å². The molecule has 0 saturated carbocycles. The van der Waals surface area contributed by atoms with Gasteiger partial charge >= 0.3 is 0 Å². The molecule has 0 aliphatic carbocycles. The Morgan fingerprint density at radius 3 is 2.53 bits per heavy atom. The fourth-order valence-electron chi connectivity index (χ4n) is 3.37. The highest BCUT2D eigenvalue weighted by Crippen LogP contribution is 2.31. The summed E-state index contributed by atoms with van der Waals surface area (Å²) in [5.74, 6) is 2.16. The van der Waals surface area contributed by atoms with Crippen molar-refractivity contribution in [2.75, 3.05) is 24.3 Å². The normalized spacial score (nSPS) is 10.8. The molecule has 0 fully saturated rings. The Balaban J connectivity index is 1.47. The van der Waals surface area contributed by atoms with Crippen molar-refractivity contribution in [3.8, 4) is 17.2 Å². The van der Waals surface area contributed by atoms with Crippen LogP contribution in [-0.4, -0.2) is 39.6 Å². The molecule has 0 aliphatic rings. The number of nitrogens with zero attached hydrogens (tertiary/aromatic N) is 3. The van der Waals surface area contributed by atoms with Gasteiger partial charge in [-0.05, 0) is 49.6 Å². The molecule has 0 radical (unpaired) electrons. The fraction of sp³-hybridized carbons (Fsp3) is 0.240. The Bertz CT molecular complexity index is 1210. The van der Waals surface area contributed by atoms with Crippen molar-refractivity contribution in [2.45, 2.75) is 25.4 Å². The molecule has 4 rings (SSSR count). The van der Waals surface area contributed by atoms with Gasteiger partial charge < -0.3 is 14.8 Å². The number of carbonyl (C=O) groups is 1. The minimum Gasteiger partial charge on any atom is -0.490 e. The number of thiophene rings is 1. The summed E-state index contributed by atoms with van der Waals surface area (Å²) in [5, 5.41) is 14.5. The summed E-state index contributed by atoms with van der Waals surface area (Å²) in [6.45, 7) is 4.88. The maximum Gasteiger partial charge on any atom is 0.234 e. The van der Waals surface area contributed by atoms with Crippen molar-refractivity contribution in [2.24, 2.45) is 0 Å². The number of aromatic nitrogens is 3. The third-order valence-corrected chi connectivity index (χ3v) is 6.59. The molecule has 0 atom stereocenters. The van der Waals surface area contributed by atoms with E-state index >= 15 is 0 Å². The van der Waals surface area contributed by atoms with Crippen LogP contribution in [0, 0.1) is 0 Å². The zero-order valence-corrected chi connectivity index (χ0v) is 20.7. The summed E-state index contributed by atoms with van der Waals surface area (Å²) < 4.78 is 13.3. The minimum atomic E-state index is -0.140. The molecule has 1 N–H and O–H groups in total. The molecule has 176 valence electrons. The molecule has 7 nitrogen and oxygen atoms in total. The van der Waals surface area contributed by atoms with Gasteiger partial charge in [-0.3, -0.25) is 9.36 Å². The molecule has 4 aromatic rings. The molecule has 0 unspecified atom stereocenters. The van der Waals surface area contributed by atoms with Gasteiger partial charge in [0.25, 0.3) is 0 Å². The zero-order chi connectivity index (χ0) is 23.8. The minimum absolute atomic E-state index is 0.140. The number of rotatable bonds is 11. The van der Waals surface area contributed by atoms with Gasteiger partial charge in [-0.1, -0.05) is 36.0 Å². The molecule has 9 heteroatoms. The lowest BCUT2D eigenvalue weighted by atomic mass is 10.2. The third kappa shape index (κ3) is 5.98. The molecule has 1 amide bonds. The maximum atomic E-state index is 12.7. The molecular formula is C25H26N4O3S2. The quantitative estimate of drug-likeness (QED) is 0.280. The first-order valence-corrected chi connectivity index (χ1v) is 12.9. The summed E-state index contributed by atoms with van der Waals surface area (Å²) in [6, 6.07) is 19.5. The summed E-state index contributed by atoms with van der Waals surface area (Å²) in [7, 11) is 0. The Kier molecular flexibility index (Phi) is 8.21. The molecule has 34 heavy (non-hydrogen) atoms. The van der Waals surface area contributed by atoms with Gasteiger partial charge in [-0.2, -0.15) is 0 Å². The maximum absolute atomic E-state index is 12.7. The van der Waals surface area contributed by atoms with E-state index in [0.717, 1.165) is 11.5 Å². The summed E-state index contributed by atoms with van der Waals surface area (Å²) in [5.41, 5.74) is 1.62. The van der Waals surface area contributed by atoms with E-state index in [-0.39, 0.29) is 11.7 Å². The SMILES string of the molecule is CCOc1ccc(NC(=O)CSc2nnc(Cc3cccs3)n2-c2ccccc2)cc1OCC. The van der Waals surface area contributed by atoms with Crippen LogP contribution in [0.15, 0.2) is 71.2 Å². The first kappa shape index (κ1) is 23.8. The van der Waals surface area contributed by atoms with Crippen LogP contribution >= 0.6 is 23.1 Å². The zero-order valence-electron chi connectivity index (χ0n) is 19.1.